The molecular formula is C20H19FN4O2. The van der Waals surface area contributed by atoms with Crippen LogP contribution in [-0.2, 0) is 6.42 Å². The highest BCUT2D eigenvalue weighted by molar-refractivity contribution is 5.75. The van der Waals surface area contributed by atoms with Gasteiger partial charge in [0, 0.05) is 25.2 Å². The standard InChI is InChI=1S/C20H19FN4O2/c21-17-8-6-14(7-9-17)10-11-22-20(26)25-12-16(13-25)19-23-18(24-27-19)15-4-2-1-3-5-15/h1-9,16H,10-13H2,(H,22,26). The van der Waals surface area contributed by atoms with Crippen molar-refractivity contribution in [3.05, 3.63) is 71.9 Å². The number of aromatic nitrogens is 2. The minimum atomic E-state index is -0.258. The highest BCUT2D eigenvalue weighted by Gasteiger charge is 2.35. The monoisotopic (exact) mass is 366 g/mol. The molecule has 138 valence electrons. The first-order chi connectivity index (χ1) is 13.2. The fraction of sp³-hybridized carbons (Fsp3) is 0.250. The summed E-state index contributed by atoms with van der Waals surface area (Å²) in [6, 6.07) is 15.8. The van der Waals surface area contributed by atoms with E-state index < -0.39 is 0 Å². The van der Waals surface area contributed by atoms with Crippen LogP contribution in [0.4, 0.5) is 9.18 Å². The number of hydrogen-bond acceptors (Lipinski definition) is 4. The zero-order valence-corrected chi connectivity index (χ0v) is 14.6. The number of likely N-dealkylation sites (tertiary alicyclic amines) is 1. The number of rotatable bonds is 5. The first-order valence-electron chi connectivity index (χ1n) is 8.85. The van der Waals surface area contributed by atoms with Gasteiger partial charge in [-0.15, -0.1) is 0 Å². The van der Waals surface area contributed by atoms with Gasteiger partial charge in [0.15, 0.2) is 0 Å². The van der Waals surface area contributed by atoms with Gasteiger partial charge < -0.3 is 14.7 Å². The van der Waals surface area contributed by atoms with Crippen LogP contribution in [0, 0.1) is 5.82 Å². The van der Waals surface area contributed by atoms with Crippen LogP contribution in [0.3, 0.4) is 0 Å². The van der Waals surface area contributed by atoms with Gasteiger partial charge in [0.2, 0.25) is 11.7 Å². The summed E-state index contributed by atoms with van der Waals surface area (Å²) in [5.74, 6) is 0.931. The summed E-state index contributed by atoms with van der Waals surface area (Å²) in [6.07, 6.45) is 0.660. The van der Waals surface area contributed by atoms with E-state index in [9.17, 15) is 9.18 Å². The lowest BCUT2D eigenvalue weighted by molar-refractivity contribution is 0.137. The van der Waals surface area contributed by atoms with Crippen molar-refractivity contribution in [2.45, 2.75) is 12.3 Å². The maximum atomic E-state index is 12.9. The molecule has 3 aromatic rings. The topological polar surface area (TPSA) is 71.3 Å². The van der Waals surface area contributed by atoms with E-state index in [0.29, 0.717) is 37.8 Å². The summed E-state index contributed by atoms with van der Waals surface area (Å²) in [6.45, 7) is 1.61. The summed E-state index contributed by atoms with van der Waals surface area (Å²) < 4.78 is 18.2. The molecule has 2 amide bonds. The molecule has 4 rings (SSSR count). The minimum absolute atomic E-state index is 0.0674. The van der Waals surface area contributed by atoms with E-state index in [1.165, 1.54) is 12.1 Å². The lowest BCUT2D eigenvalue weighted by Crippen LogP contribution is -2.52. The second kappa shape index (κ2) is 7.57. The molecule has 1 aromatic heterocycles. The quantitative estimate of drug-likeness (QED) is 0.753. The van der Waals surface area contributed by atoms with Crippen molar-refractivity contribution in [1.82, 2.24) is 20.4 Å². The molecule has 1 aliphatic heterocycles. The molecule has 1 aliphatic rings. The van der Waals surface area contributed by atoms with Gasteiger partial charge in [0.1, 0.15) is 5.82 Å². The number of halogens is 1. The Hall–Kier alpha value is -3.22. The molecule has 0 bridgehead atoms. The van der Waals surface area contributed by atoms with Crippen LogP contribution in [0.15, 0.2) is 59.1 Å². The molecule has 1 saturated heterocycles. The largest absolute Gasteiger partial charge is 0.339 e. The number of hydrogen-bond donors (Lipinski definition) is 1. The molecule has 27 heavy (non-hydrogen) atoms. The molecule has 0 aliphatic carbocycles. The summed E-state index contributed by atoms with van der Waals surface area (Å²) >= 11 is 0. The third-order valence-corrected chi connectivity index (χ3v) is 4.59. The van der Waals surface area contributed by atoms with Crippen molar-refractivity contribution in [3.8, 4) is 11.4 Å². The zero-order chi connectivity index (χ0) is 18.6. The van der Waals surface area contributed by atoms with E-state index in [-0.39, 0.29) is 17.8 Å². The zero-order valence-electron chi connectivity index (χ0n) is 14.6. The van der Waals surface area contributed by atoms with E-state index in [4.69, 9.17) is 4.52 Å². The lowest BCUT2D eigenvalue weighted by atomic mass is 10.0. The van der Waals surface area contributed by atoms with Crippen LogP contribution in [-0.4, -0.2) is 40.7 Å². The van der Waals surface area contributed by atoms with Gasteiger partial charge in [-0.2, -0.15) is 4.98 Å². The third-order valence-electron chi connectivity index (χ3n) is 4.59. The Balaban J connectivity index is 1.24. The summed E-state index contributed by atoms with van der Waals surface area (Å²) in [5.41, 5.74) is 1.89. The molecule has 0 saturated carbocycles. The van der Waals surface area contributed by atoms with Crippen molar-refractivity contribution < 1.29 is 13.7 Å². The number of amides is 2. The van der Waals surface area contributed by atoms with Crippen LogP contribution < -0.4 is 5.32 Å². The van der Waals surface area contributed by atoms with Gasteiger partial charge >= 0.3 is 6.03 Å². The Morgan fingerprint density at radius 2 is 1.89 bits per heavy atom. The van der Waals surface area contributed by atoms with E-state index in [1.54, 1.807) is 17.0 Å². The highest BCUT2D eigenvalue weighted by atomic mass is 19.1. The smallest absolute Gasteiger partial charge is 0.317 e. The van der Waals surface area contributed by atoms with Gasteiger partial charge in [-0.05, 0) is 24.1 Å². The molecule has 0 radical (unpaired) electrons. The second-order valence-electron chi connectivity index (χ2n) is 6.53. The molecule has 0 atom stereocenters. The predicted molar refractivity (Wildman–Crippen MR) is 97.6 cm³/mol. The molecule has 0 unspecified atom stereocenters. The SMILES string of the molecule is O=C(NCCc1ccc(F)cc1)N1CC(c2nc(-c3ccccc3)no2)C1. The number of carbonyl (C=O) groups excluding carboxylic acids is 1. The number of nitrogens with zero attached hydrogens (tertiary/aromatic N) is 3. The third kappa shape index (κ3) is 3.97. The maximum absolute atomic E-state index is 12.9. The van der Waals surface area contributed by atoms with Crippen LogP contribution in [0.25, 0.3) is 11.4 Å². The molecule has 7 heteroatoms. The fourth-order valence-electron chi connectivity index (χ4n) is 2.98. The summed E-state index contributed by atoms with van der Waals surface area (Å²) in [7, 11) is 0. The maximum Gasteiger partial charge on any atom is 0.317 e. The van der Waals surface area contributed by atoms with E-state index >= 15 is 0 Å². The van der Waals surface area contributed by atoms with Gasteiger partial charge in [-0.25, -0.2) is 9.18 Å². The number of nitrogens with one attached hydrogen (secondary N) is 1. The Bertz CT molecular complexity index is 905. The predicted octanol–water partition coefficient (Wildman–Crippen LogP) is 3.23. The summed E-state index contributed by atoms with van der Waals surface area (Å²) in [4.78, 5) is 18.3. The molecular weight excluding hydrogens is 347 g/mol. The van der Waals surface area contributed by atoms with Crippen LogP contribution in [0.2, 0.25) is 0 Å². The van der Waals surface area contributed by atoms with Gasteiger partial charge in [-0.3, -0.25) is 0 Å². The first kappa shape index (κ1) is 17.2. The fourth-order valence-corrected chi connectivity index (χ4v) is 2.98. The number of benzene rings is 2. The van der Waals surface area contributed by atoms with Crippen LogP contribution in [0.5, 0.6) is 0 Å². The minimum Gasteiger partial charge on any atom is -0.339 e. The number of carbonyl (C=O) groups is 1. The Morgan fingerprint density at radius 1 is 1.15 bits per heavy atom. The van der Waals surface area contributed by atoms with Crippen molar-refractivity contribution >= 4 is 6.03 Å². The van der Waals surface area contributed by atoms with Gasteiger partial charge in [0.05, 0.1) is 5.92 Å². The van der Waals surface area contributed by atoms with Crippen molar-refractivity contribution in [1.29, 1.82) is 0 Å². The van der Waals surface area contributed by atoms with E-state index in [1.807, 2.05) is 30.3 Å². The molecule has 6 nitrogen and oxygen atoms in total. The number of urea groups is 1. The average molecular weight is 366 g/mol. The molecule has 1 N–H and O–H groups in total. The first-order valence-corrected chi connectivity index (χ1v) is 8.85. The Morgan fingerprint density at radius 3 is 2.63 bits per heavy atom. The van der Waals surface area contributed by atoms with Gasteiger partial charge in [-0.1, -0.05) is 47.6 Å². The van der Waals surface area contributed by atoms with Crippen molar-refractivity contribution in [3.63, 3.8) is 0 Å². The van der Waals surface area contributed by atoms with Crippen LogP contribution in [0.1, 0.15) is 17.4 Å². The average Bonchev–Trinajstić information content (AvgIpc) is 3.12. The Labute approximate surface area is 156 Å². The second-order valence-corrected chi connectivity index (χ2v) is 6.53. The lowest BCUT2D eigenvalue weighted by Gasteiger charge is -2.36. The van der Waals surface area contributed by atoms with Gasteiger partial charge in [0.25, 0.3) is 0 Å². The Kier molecular flexibility index (Phi) is 4.82. The summed E-state index contributed by atoms with van der Waals surface area (Å²) in [5, 5.41) is 6.89. The van der Waals surface area contributed by atoms with E-state index in [0.717, 1.165) is 11.1 Å². The van der Waals surface area contributed by atoms with Crippen molar-refractivity contribution in [2.75, 3.05) is 19.6 Å². The molecule has 2 heterocycles. The van der Waals surface area contributed by atoms with E-state index in [2.05, 4.69) is 15.5 Å². The van der Waals surface area contributed by atoms with Crippen molar-refractivity contribution in [2.24, 2.45) is 0 Å². The molecule has 2 aromatic carbocycles. The highest BCUT2D eigenvalue weighted by Crippen LogP contribution is 2.27. The normalized spacial score (nSPS) is 14.0. The molecule has 1 fully saturated rings. The molecule has 0 spiro atoms. The van der Waals surface area contributed by atoms with Crippen LogP contribution >= 0.6 is 0 Å².